The summed E-state index contributed by atoms with van der Waals surface area (Å²) in [4.78, 5) is 44.4. The molecule has 49 heavy (non-hydrogen) atoms. The number of unbranched alkanes of at least 4 members (excludes halogenated alkanes) is 5. The number of ether oxygens (including phenoxy) is 1. The number of anilines is 1. The lowest BCUT2D eigenvalue weighted by molar-refractivity contribution is -0.140. The minimum absolute atomic E-state index is 0.248. The summed E-state index contributed by atoms with van der Waals surface area (Å²) < 4.78 is 5.61. The van der Waals surface area contributed by atoms with Gasteiger partial charge in [-0.25, -0.2) is 4.79 Å². The van der Waals surface area contributed by atoms with Crippen molar-refractivity contribution in [2.75, 3.05) is 11.9 Å². The molecular formula is C42H53N3O4. The van der Waals surface area contributed by atoms with Crippen molar-refractivity contribution in [1.82, 2.24) is 10.2 Å². The van der Waals surface area contributed by atoms with Crippen LogP contribution >= 0.6 is 0 Å². The van der Waals surface area contributed by atoms with Gasteiger partial charge in [0.25, 0.3) is 5.91 Å². The van der Waals surface area contributed by atoms with Crippen LogP contribution in [0.15, 0.2) is 91.0 Å². The Morgan fingerprint density at radius 1 is 0.776 bits per heavy atom. The van der Waals surface area contributed by atoms with Crippen LogP contribution in [0.3, 0.4) is 0 Å². The zero-order valence-electron chi connectivity index (χ0n) is 30.1. The average Bonchev–Trinajstić information content (AvgIpc) is 3.06. The molecule has 2 N–H and O–H groups in total. The molecule has 260 valence electrons. The summed E-state index contributed by atoms with van der Waals surface area (Å²) in [7, 11) is 0. The maximum absolute atomic E-state index is 14.9. The molecule has 4 aromatic rings. The topological polar surface area (TPSA) is 87.7 Å². The maximum atomic E-state index is 14.9. The lowest BCUT2D eigenvalue weighted by Crippen LogP contribution is -2.53. The molecule has 4 rings (SSSR count). The standard InChI is InChI=1S/C42H53N3O4/c1-7-8-9-10-11-17-27-45(40(47)37(28-32-20-13-12-14-21-32)44-41(48)49-42(4,5)6)38(36-24-18-19-30(2)31(36)3)39(46)43-35-26-25-33-22-15-16-23-34(33)29-35/h12-16,18-26,29,37-38H,7-11,17,27-28H2,1-6H3,(H,43,46)(H,44,48). The van der Waals surface area contributed by atoms with E-state index >= 15 is 0 Å². The van der Waals surface area contributed by atoms with Crippen molar-refractivity contribution in [2.45, 2.75) is 104 Å². The molecule has 0 aliphatic carbocycles. The number of amides is 3. The van der Waals surface area contributed by atoms with E-state index in [0.29, 0.717) is 12.2 Å². The molecule has 0 aliphatic rings. The summed E-state index contributed by atoms with van der Waals surface area (Å²) in [6.07, 6.45) is 5.72. The molecule has 0 spiro atoms. The number of hydrogen-bond acceptors (Lipinski definition) is 4. The van der Waals surface area contributed by atoms with Crippen LogP contribution in [0.4, 0.5) is 10.5 Å². The molecule has 7 heteroatoms. The lowest BCUT2D eigenvalue weighted by Gasteiger charge is -2.35. The van der Waals surface area contributed by atoms with E-state index < -0.39 is 23.8 Å². The van der Waals surface area contributed by atoms with Crippen molar-refractivity contribution < 1.29 is 19.1 Å². The van der Waals surface area contributed by atoms with Gasteiger partial charge in [-0.05, 0) is 86.2 Å². The minimum atomic E-state index is -0.960. The van der Waals surface area contributed by atoms with Crippen molar-refractivity contribution in [1.29, 1.82) is 0 Å². The molecule has 0 saturated carbocycles. The van der Waals surface area contributed by atoms with E-state index in [4.69, 9.17) is 4.74 Å². The Morgan fingerprint density at radius 3 is 2.16 bits per heavy atom. The van der Waals surface area contributed by atoms with Crippen molar-refractivity contribution in [2.24, 2.45) is 0 Å². The Hall–Kier alpha value is -4.65. The third-order valence-corrected chi connectivity index (χ3v) is 8.83. The van der Waals surface area contributed by atoms with Crippen LogP contribution < -0.4 is 10.6 Å². The van der Waals surface area contributed by atoms with Crippen LogP contribution in [0, 0.1) is 13.8 Å². The fourth-order valence-electron chi connectivity index (χ4n) is 6.13. The highest BCUT2D eigenvalue weighted by molar-refractivity contribution is 6.00. The normalized spacial score (nSPS) is 12.6. The number of carbonyl (C=O) groups is 3. The molecule has 0 bridgehead atoms. The molecule has 0 saturated heterocycles. The molecule has 2 atom stereocenters. The number of nitrogens with one attached hydrogen (secondary N) is 2. The number of aryl methyl sites for hydroxylation is 1. The molecule has 7 nitrogen and oxygen atoms in total. The van der Waals surface area contributed by atoms with Crippen molar-refractivity contribution in [3.8, 4) is 0 Å². The van der Waals surface area contributed by atoms with Gasteiger partial charge in [0, 0.05) is 18.7 Å². The predicted molar refractivity (Wildman–Crippen MR) is 200 cm³/mol. The second-order valence-electron chi connectivity index (χ2n) is 13.9. The van der Waals surface area contributed by atoms with E-state index in [1.807, 2.05) is 105 Å². The Bertz CT molecular complexity index is 1700. The fraction of sp³-hybridized carbons (Fsp3) is 0.405. The first-order valence-corrected chi connectivity index (χ1v) is 17.7. The van der Waals surface area contributed by atoms with Crippen LogP contribution in [0.1, 0.15) is 94.5 Å². The molecule has 0 heterocycles. The van der Waals surface area contributed by atoms with Crippen molar-refractivity contribution in [3.63, 3.8) is 0 Å². The van der Waals surface area contributed by atoms with E-state index in [9.17, 15) is 14.4 Å². The summed E-state index contributed by atoms with van der Waals surface area (Å²) in [5, 5.41) is 8.11. The SMILES string of the molecule is CCCCCCCCN(C(=O)C(Cc1ccccc1)NC(=O)OC(C)(C)C)C(C(=O)Nc1ccc2ccccc2c1)c1cccc(C)c1C. The number of nitrogens with zero attached hydrogens (tertiary/aromatic N) is 1. The van der Waals surface area contributed by atoms with Gasteiger partial charge in [0.15, 0.2) is 0 Å². The minimum Gasteiger partial charge on any atom is -0.444 e. The third kappa shape index (κ3) is 10.9. The van der Waals surface area contributed by atoms with Gasteiger partial charge in [-0.15, -0.1) is 0 Å². The van der Waals surface area contributed by atoms with E-state index in [1.165, 1.54) is 6.42 Å². The maximum Gasteiger partial charge on any atom is 0.408 e. The van der Waals surface area contributed by atoms with Crippen LogP contribution in [-0.4, -0.2) is 41.0 Å². The molecule has 2 unspecified atom stereocenters. The van der Waals surface area contributed by atoms with Crippen LogP contribution in [0.5, 0.6) is 0 Å². The number of rotatable bonds is 15. The van der Waals surface area contributed by atoms with Gasteiger partial charge in [-0.3, -0.25) is 9.59 Å². The Kier molecular flexibility index (Phi) is 13.4. The third-order valence-electron chi connectivity index (χ3n) is 8.83. The first kappa shape index (κ1) is 37.2. The number of benzene rings is 4. The first-order valence-electron chi connectivity index (χ1n) is 17.7. The number of carbonyl (C=O) groups excluding carboxylic acids is 3. The molecule has 0 fully saturated rings. The summed E-state index contributed by atoms with van der Waals surface area (Å²) in [5.74, 6) is -0.637. The highest BCUT2D eigenvalue weighted by atomic mass is 16.6. The first-order chi connectivity index (χ1) is 23.5. The predicted octanol–water partition coefficient (Wildman–Crippen LogP) is 9.46. The van der Waals surface area contributed by atoms with Crippen molar-refractivity contribution >= 4 is 34.4 Å². The zero-order valence-corrected chi connectivity index (χ0v) is 30.1. The molecule has 3 amide bonds. The summed E-state index contributed by atoms with van der Waals surface area (Å²) in [6, 6.07) is 27.4. The van der Waals surface area contributed by atoms with Crippen LogP contribution in [-0.2, 0) is 20.7 Å². The lowest BCUT2D eigenvalue weighted by atomic mass is 9.94. The van der Waals surface area contributed by atoms with Gasteiger partial charge in [0.05, 0.1) is 0 Å². The second-order valence-corrected chi connectivity index (χ2v) is 13.9. The van der Waals surface area contributed by atoms with Gasteiger partial charge in [-0.1, -0.05) is 118 Å². The van der Waals surface area contributed by atoms with Crippen molar-refractivity contribution in [3.05, 3.63) is 113 Å². The highest BCUT2D eigenvalue weighted by Crippen LogP contribution is 2.30. The van der Waals surface area contributed by atoms with E-state index in [-0.39, 0.29) is 18.2 Å². The van der Waals surface area contributed by atoms with Crippen LogP contribution in [0.2, 0.25) is 0 Å². The molecule has 0 aliphatic heterocycles. The average molecular weight is 664 g/mol. The van der Waals surface area contributed by atoms with E-state index in [2.05, 4.69) is 17.6 Å². The van der Waals surface area contributed by atoms with Gasteiger partial charge in [-0.2, -0.15) is 0 Å². The zero-order chi connectivity index (χ0) is 35.4. The molecule has 0 aromatic heterocycles. The smallest absolute Gasteiger partial charge is 0.408 e. The Morgan fingerprint density at radius 2 is 1.45 bits per heavy atom. The van der Waals surface area contributed by atoms with Gasteiger partial charge < -0.3 is 20.3 Å². The Balaban J connectivity index is 1.76. The Labute approximate surface area is 292 Å². The summed E-state index contributed by atoms with van der Waals surface area (Å²) in [5.41, 5.74) is 3.53. The number of alkyl carbamates (subject to hydrolysis) is 1. The van der Waals surface area contributed by atoms with Gasteiger partial charge in [0.1, 0.15) is 17.7 Å². The van der Waals surface area contributed by atoms with E-state index in [0.717, 1.165) is 65.1 Å². The van der Waals surface area contributed by atoms with E-state index in [1.54, 1.807) is 25.7 Å². The van der Waals surface area contributed by atoms with Gasteiger partial charge >= 0.3 is 6.09 Å². The largest absolute Gasteiger partial charge is 0.444 e. The molecule has 4 aromatic carbocycles. The fourth-order valence-corrected chi connectivity index (χ4v) is 6.13. The number of hydrogen-bond donors (Lipinski definition) is 2. The quantitative estimate of drug-likeness (QED) is 0.124. The summed E-state index contributed by atoms with van der Waals surface area (Å²) in [6.45, 7) is 11.9. The summed E-state index contributed by atoms with van der Waals surface area (Å²) >= 11 is 0. The van der Waals surface area contributed by atoms with Crippen LogP contribution in [0.25, 0.3) is 10.8 Å². The second kappa shape index (κ2) is 17.7. The molecule has 0 radical (unpaired) electrons. The number of fused-ring (bicyclic) bond motifs is 1. The van der Waals surface area contributed by atoms with Gasteiger partial charge in [0.2, 0.25) is 5.91 Å². The molecular weight excluding hydrogens is 610 g/mol. The monoisotopic (exact) mass is 663 g/mol. The highest BCUT2D eigenvalue weighted by Gasteiger charge is 2.37.